The summed E-state index contributed by atoms with van der Waals surface area (Å²) in [4.78, 5) is 11.1. The van der Waals surface area contributed by atoms with Gasteiger partial charge in [-0.1, -0.05) is 12.8 Å². The van der Waals surface area contributed by atoms with Crippen LogP contribution in [0.4, 0.5) is 0 Å². The molecule has 0 aromatic heterocycles. The van der Waals surface area contributed by atoms with E-state index in [4.69, 9.17) is 9.84 Å². The van der Waals surface area contributed by atoms with Crippen molar-refractivity contribution in [2.75, 3.05) is 19.8 Å². The van der Waals surface area contributed by atoms with Crippen LogP contribution in [-0.4, -0.2) is 44.5 Å². The molecule has 6 nitrogen and oxygen atoms in total. The van der Waals surface area contributed by atoms with E-state index in [1.807, 2.05) is 6.92 Å². The fourth-order valence-corrected chi connectivity index (χ4v) is 4.00. The first-order chi connectivity index (χ1) is 8.49. The number of sulfonamides is 1. The number of nitrogens with one attached hydrogen (secondary N) is 1. The molecule has 1 rings (SSSR count). The molecule has 2 atom stereocenters. The van der Waals surface area contributed by atoms with Gasteiger partial charge in [-0.05, 0) is 19.8 Å². The molecule has 1 aliphatic carbocycles. The Hall–Kier alpha value is -0.660. The van der Waals surface area contributed by atoms with Gasteiger partial charge in [0.2, 0.25) is 10.0 Å². The minimum Gasteiger partial charge on any atom is -0.481 e. The van der Waals surface area contributed by atoms with Crippen molar-refractivity contribution >= 4 is 16.0 Å². The predicted octanol–water partition coefficient (Wildman–Crippen LogP) is 0.586. The Morgan fingerprint density at radius 1 is 1.39 bits per heavy atom. The van der Waals surface area contributed by atoms with Gasteiger partial charge in [0, 0.05) is 13.2 Å². The first-order valence-corrected chi connectivity index (χ1v) is 7.82. The number of carbonyl (C=O) groups is 1. The number of hydrogen-bond acceptors (Lipinski definition) is 4. The third-order valence-corrected chi connectivity index (χ3v) is 5.14. The minimum absolute atomic E-state index is 0.193. The Morgan fingerprint density at radius 2 is 2.06 bits per heavy atom. The number of hydrogen-bond donors (Lipinski definition) is 2. The van der Waals surface area contributed by atoms with E-state index >= 15 is 0 Å². The largest absolute Gasteiger partial charge is 0.481 e. The third kappa shape index (κ3) is 4.22. The first kappa shape index (κ1) is 15.4. The zero-order chi connectivity index (χ0) is 13.6. The van der Waals surface area contributed by atoms with Crippen LogP contribution in [0.15, 0.2) is 0 Å². The van der Waals surface area contributed by atoms with Crippen molar-refractivity contribution in [1.82, 2.24) is 4.72 Å². The standard InChI is InChI=1S/C11H21NO5S/c1-2-17-8-7-12-18(15,16)10-6-4-3-5-9(10)11(13)14/h9-10,12H,2-8H2,1H3,(H,13,14). The highest BCUT2D eigenvalue weighted by Gasteiger charge is 2.39. The average Bonchev–Trinajstić information content (AvgIpc) is 2.35. The highest BCUT2D eigenvalue weighted by atomic mass is 32.2. The maximum atomic E-state index is 12.0. The monoisotopic (exact) mass is 279 g/mol. The first-order valence-electron chi connectivity index (χ1n) is 6.28. The zero-order valence-corrected chi connectivity index (χ0v) is 11.4. The van der Waals surface area contributed by atoms with Gasteiger partial charge in [-0.25, -0.2) is 13.1 Å². The fourth-order valence-electron chi connectivity index (χ4n) is 2.26. The lowest BCUT2D eigenvalue weighted by atomic mass is 9.89. The molecule has 0 heterocycles. The van der Waals surface area contributed by atoms with Gasteiger partial charge >= 0.3 is 5.97 Å². The van der Waals surface area contributed by atoms with E-state index in [2.05, 4.69) is 4.72 Å². The van der Waals surface area contributed by atoms with E-state index in [-0.39, 0.29) is 6.54 Å². The van der Waals surface area contributed by atoms with Crippen LogP contribution >= 0.6 is 0 Å². The van der Waals surface area contributed by atoms with Gasteiger partial charge in [0.05, 0.1) is 17.8 Å². The summed E-state index contributed by atoms with van der Waals surface area (Å²) in [6.07, 6.45) is 2.40. The van der Waals surface area contributed by atoms with Crippen LogP contribution in [0.2, 0.25) is 0 Å². The zero-order valence-electron chi connectivity index (χ0n) is 10.6. The number of carboxylic acid groups (broad SMARTS) is 1. The molecule has 0 bridgehead atoms. The van der Waals surface area contributed by atoms with Crippen LogP contribution in [0.1, 0.15) is 32.6 Å². The van der Waals surface area contributed by atoms with Gasteiger partial charge in [-0.15, -0.1) is 0 Å². The maximum absolute atomic E-state index is 12.0. The molecule has 2 unspecified atom stereocenters. The summed E-state index contributed by atoms with van der Waals surface area (Å²) >= 11 is 0. The molecule has 0 aromatic rings. The van der Waals surface area contributed by atoms with Gasteiger partial charge in [0.1, 0.15) is 0 Å². The summed E-state index contributed by atoms with van der Waals surface area (Å²) in [5.74, 6) is -1.81. The number of aliphatic carboxylic acids is 1. The Kier molecular flexibility index (Phi) is 6.04. The lowest BCUT2D eigenvalue weighted by Crippen LogP contribution is -2.44. The maximum Gasteiger partial charge on any atom is 0.307 e. The normalized spacial score (nSPS) is 24.9. The molecular weight excluding hydrogens is 258 g/mol. The van der Waals surface area contributed by atoms with Crippen molar-refractivity contribution in [2.24, 2.45) is 5.92 Å². The fraction of sp³-hybridized carbons (Fsp3) is 0.909. The van der Waals surface area contributed by atoms with E-state index in [1.165, 1.54) is 0 Å². The van der Waals surface area contributed by atoms with Crippen LogP contribution < -0.4 is 4.72 Å². The Bertz CT molecular complexity index is 368. The second-order valence-corrected chi connectivity index (χ2v) is 6.39. The van der Waals surface area contributed by atoms with Gasteiger partial charge < -0.3 is 9.84 Å². The quantitative estimate of drug-likeness (QED) is 0.665. The summed E-state index contributed by atoms with van der Waals surface area (Å²) < 4.78 is 31.5. The van der Waals surface area contributed by atoms with Crippen molar-refractivity contribution in [3.8, 4) is 0 Å². The summed E-state index contributed by atoms with van der Waals surface area (Å²) in [6.45, 7) is 2.86. The lowest BCUT2D eigenvalue weighted by Gasteiger charge is -2.28. The van der Waals surface area contributed by atoms with Crippen molar-refractivity contribution < 1.29 is 23.1 Å². The van der Waals surface area contributed by atoms with E-state index < -0.39 is 27.2 Å². The van der Waals surface area contributed by atoms with Crippen LogP contribution in [0, 0.1) is 5.92 Å². The molecule has 1 saturated carbocycles. The average molecular weight is 279 g/mol. The molecule has 7 heteroatoms. The summed E-state index contributed by atoms with van der Waals surface area (Å²) in [7, 11) is -3.57. The molecule has 0 spiro atoms. The highest BCUT2D eigenvalue weighted by Crippen LogP contribution is 2.29. The summed E-state index contributed by atoms with van der Waals surface area (Å²) in [5.41, 5.74) is 0. The van der Waals surface area contributed by atoms with E-state index in [1.54, 1.807) is 0 Å². The van der Waals surface area contributed by atoms with Crippen molar-refractivity contribution in [1.29, 1.82) is 0 Å². The number of ether oxygens (including phenoxy) is 1. The number of rotatable bonds is 7. The molecule has 0 amide bonds. The third-order valence-electron chi connectivity index (χ3n) is 3.17. The second kappa shape index (κ2) is 7.06. The number of carboxylic acids is 1. The van der Waals surface area contributed by atoms with Crippen LogP contribution in [-0.2, 0) is 19.6 Å². The van der Waals surface area contributed by atoms with Crippen molar-refractivity contribution in [3.05, 3.63) is 0 Å². The molecule has 0 radical (unpaired) electrons. The summed E-state index contributed by atoms with van der Waals surface area (Å²) in [6, 6.07) is 0. The van der Waals surface area contributed by atoms with Gasteiger partial charge in [-0.3, -0.25) is 4.79 Å². The molecule has 1 fully saturated rings. The Morgan fingerprint density at radius 3 is 2.67 bits per heavy atom. The SMILES string of the molecule is CCOCCNS(=O)(=O)C1CCCCC1C(=O)O. The second-order valence-electron chi connectivity index (χ2n) is 4.40. The molecular formula is C11H21NO5S. The molecule has 0 aromatic carbocycles. The molecule has 1 aliphatic rings. The minimum atomic E-state index is -3.57. The Balaban J connectivity index is 2.60. The highest BCUT2D eigenvalue weighted by molar-refractivity contribution is 7.90. The van der Waals surface area contributed by atoms with E-state index in [0.29, 0.717) is 26.1 Å². The van der Waals surface area contributed by atoms with Gasteiger partial charge in [0.25, 0.3) is 0 Å². The molecule has 18 heavy (non-hydrogen) atoms. The van der Waals surface area contributed by atoms with Crippen LogP contribution in [0.25, 0.3) is 0 Å². The molecule has 2 N–H and O–H groups in total. The summed E-state index contributed by atoms with van der Waals surface area (Å²) in [5, 5.41) is 8.25. The van der Waals surface area contributed by atoms with E-state index in [9.17, 15) is 13.2 Å². The van der Waals surface area contributed by atoms with Gasteiger partial charge in [0.15, 0.2) is 0 Å². The van der Waals surface area contributed by atoms with Crippen LogP contribution in [0.3, 0.4) is 0 Å². The predicted molar refractivity (Wildman–Crippen MR) is 66.8 cm³/mol. The molecule has 106 valence electrons. The van der Waals surface area contributed by atoms with Gasteiger partial charge in [-0.2, -0.15) is 0 Å². The topological polar surface area (TPSA) is 92.7 Å². The van der Waals surface area contributed by atoms with Crippen molar-refractivity contribution in [2.45, 2.75) is 37.9 Å². The van der Waals surface area contributed by atoms with Crippen molar-refractivity contribution in [3.63, 3.8) is 0 Å². The molecule has 0 saturated heterocycles. The van der Waals surface area contributed by atoms with E-state index in [0.717, 1.165) is 12.8 Å². The molecule has 0 aliphatic heterocycles. The smallest absolute Gasteiger partial charge is 0.307 e. The van der Waals surface area contributed by atoms with Crippen LogP contribution in [0.5, 0.6) is 0 Å². The lowest BCUT2D eigenvalue weighted by molar-refractivity contribution is -0.142. The Labute approximate surface area is 108 Å².